The highest BCUT2D eigenvalue weighted by Crippen LogP contribution is 2.30. The van der Waals surface area contributed by atoms with Crippen molar-refractivity contribution < 1.29 is 19.0 Å². The van der Waals surface area contributed by atoms with E-state index in [2.05, 4.69) is 21.2 Å². The second-order valence-corrected chi connectivity index (χ2v) is 6.89. The van der Waals surface area contributed by atoms with E-state index in [0.29, 0.717) is 35.3 Å². The van der Waals surface area contributed by atoms with Crippen LogP contribution in [0.15, 0.2) is 40.9 Å². The summed E-state index contributed by atoms with van der Waals surface area (Å²) in [5.74, 6) is 0.985. The van der Waals surface area contributed by atoms with Gasteiger partial charge in [0.1, 0.15) is 6.61 Å². The Hall–Kier alpha value is -1.76. The van der Waals surface area contributed by atoms with Gasteiger partial charge in [-0.25, -0.2) is 0 Å². The van der Waals surface area contributed by atoms with Gasteiger partial charge in [0.2, 0.25) is 0 Å². The van der Waals surface area contributed by atoms with E-state index in [-0.39, 0.29) is 11.9 Å². The predicted octanol–water partition coefficient (Wildman–Crippen LogP) is 4.63. The van der Waals surface area contributed by atoms with Crippen LogP contribution in [0.4, 0.5) is 0 Å². The fourth-order valence-electron chi connectivity index (χ4n) is 2.34. The number of ether oxygens (including phenoxy) is 3. The Morgan fingerprint density at radius 2 is 1.92 bits per heavy atom. The molecule has 0 aliphatic carbocycles. The van der Waals surface area contributed by atoms with E-state index in [1.165, 1.54) is 0 Å². The molecule has 5 nitrogen and oxygen atoms in total. The van der Waals surface area contributed by atoms with Crippen molar-refractivity contribution in [2.24, 2.45) is 0 Å². The maximum atomic E-state index is 12.5. The van der Waals surface area contributed by atoms with Gasteiger partial charge in [0, 0.05) is 11.6 Å². The third kappa shape index (κ3) is 5.37. The molecule has 0 aromatic heterocycles. The number of rotatable bonds is 8. The van der Waals surface area contributed by atoms with Gasteiger partial charge in [-0.2, -0.15) is 0 Å². The Kier molecular flexibility index (Phi) is 7.75. The molecule has 0 saturated heterocycles. The molecule has 0 spiro atoms. The molecule has 0 fully saturated rings. The molecule has 0 bridgehead atoms. The van der Waals surface area contributed by atoms with Gasteiger partial charge in [0.15, 0.2) is 11.5 Å². The SMILES string of the molecule is COCCOc1ccc(C(C)NC(=O)c2ccc(Br)cc2Cl)cc1OC. The fraction of sp³-hybridized carbons (Fsp3) is 0.316. The summed E-state index contributed by atoms with van der Waals surface area (Å²) in [4.78, 5) is 12.5. The Bertz CT molecular complexity index is 769. The minimum absolute atomic E-state index is 0.232. The molecule has 2 aromatic rings. The molecule has 7 heteroatoms. The number of nitrogens with one attached hydrogen (secondary N) is 1. The van der Waals surface area contributed by atoms with Crippen molar-refractivity contribution in [1.82, 2.24) is 5.32 Å². The first-order valence-electron chi connectivity index (χ1n) is 8.01. The normalized spacial score (nSPS) is 11.7. The minimum Gasteiger partial charge on any atom is -0.493 e. The molecular weight excluding hydrogens is 422 g/mol. The number of carbonyl (C=O) groups excluding carboxylic acids is 1. The van der Waals surface area contributed by atoms with E-state index in [1.807, 2.05) is 25.1 Å². The summed E-state index contributed by atoms with van der Waals surface area (Å²) in [5, 5.41) is 3.33. The monoisotopic (exact) mass is 441 g/mol. The molecule has 0 saturated carbocycles. The molecule has 2 aromatic carbocycles. The van der Waals surface area contributed by atoms with Crippen LogP contribution in [-0.2, 0) is 4.74 Å². The van der Waals surface area contributed by atoms with Crippen LogP contribution < -0.4 is 14.8 Å². The van der Waals surface area contributed by atoms with Gasteiger partial charge in [-0.05, 0) is 42.8 Å². The molecule has 1 amide bonds. The van der Waals surface area contributed by atoms with E-state index < -0.39 is 0 Å². The molecule has 0 heterocycles. The number of carbonyl (C=O) groups is 1. The van der Waals surface area contributed by atoms with Crippen LogP contribution in [0.5, 0.6) is 11.5 Å². The van der Waals surface area contributed by atoms with Crippen LogP contribution in [0, 0.1) is 0 Å². The highest BCUT2D eigenvalue weighted by Gasteiger charge is 2.16. The largest absolute Gasteiger partial charge is 0.493 e. The lowest BCUT2D eigenvalue weighted by Gasteiger charge is -2.17. The van der Waals surface area contributed by atoms with E-state index in [1.54, 1.807) is 32.4 Å². The van der Waals surface area contributed by atoms with Crippen molar-refractivity contribution in [3.05, 3.63) is 57.0 Å². The van der Waals surface area contributed by atoms with E-state index in [9.17, 15) is 4.79 Å². The van der Waals surface area contributed by atoms with Gasteiger partial charge in [-0.15, -0.1) is 0 Å². The van der Waals surface area contributed by atoms with E-state index >= 15 is 0 Å². The molecule has 1 N–H and O–H groups in total. The maximum absolute atomic E-state index is 12.5. The summed E-state index contributed by atoms with van der Waals surface area (Å²) in [6, 6.07) is 10.5. The molecule has 0 aliphatic rings. The molecule has 26 heavy (non-hydrogen) atoms. The predicted molar refractivity (Wildman–Crippen MR) is 105 cm³/mol. The van der Waals surface area contributed by atoms with Crippen molar-refractivity contribution in [2.75, 3.05) is 27.4 Å². The quantitative estimate of drug-likeness (QED) is 0.606. The van der Waals surface area contributed by atoms with Crippen LogP contribution in [0.1, 0.15) is 28.9 Å². The average Bonchev–Trinajstić information content (AvgIpc) is 2.61. The maximum Gasteiger partial charge on any atom is 0.253 e. The lowest BCUT2D eigenvalue weighted by molar-refractivity contribution is 0.0940. The van der Waals surface area contributed by atoms with Crippen molar-refractivity contribution in [3.63, 3.8) is 0 Å². The molecule has 1 unspecified atom stereocenters. The van der Waals surface area contributed by atoms with Gasteiger partial charge in [-0.1, -0.05) is 33.6 Å². The third-order valence-electron chi connectivity index (χ3n) is 3.76. The Morgan fingerprint density at radius 1 is 1.15 bits per heavy atom. The van der Waals surface area contributed by atoms with Crippen LogP contribution in [-0.4, -0.2) is 33.3 Å². The Morgan fingerprint density at radius 3 is 2.58 bits per heavy atom. The van der Waals surface area contributed by atoms with Gasteiger partial charge in [-0.3, -0.25) is 4.79 Å². The van der Waals surface area contributed by atoms with Crippen molar-refractivity contribution in [3.8, 4) is 11.5 Å². The molecule has 0 aliphatic heterocycles. The highest BCUT2D eigenvalue weighted by molar-refractivity contribution is 9.10. The lowest BCUT2D eigenvalue weighted by atomic mass is 10.1. The smallest absolute Gasteiger partial charge is 0.253 e. The lowest BCUT2D eigenvalue weighted by Crippen LogP contribution is -2.26. The molecule has 0 radical (unpaired) electrons. The summed E-state index contributed by atoms with van der Waals surface area (Å²) in [6.45, 7) is 2.82. The number of amides is 1. The number of benzene rings is 2. The second-order valence-electron chi connectivity index (χ2n) is 5.57. The first-order valence-corrected chi connectivity index (χ1v) is 9.19. The zero-order valence-corrected chi connectivity index (χ0v) is 17.2. The van der Waals surface area contributed by atoms with Crippen LogP contribution >= 0.6 is 27.5 Å². The molecule has 1 atom stereocenters. The number of hydrogen-bond acceptors (Lipinski definition) is 4. The highest BCUT2D eigenvalue weighted by atomic mass is 79.9. The summed E-state index contributed by atoms with van der Waals surface area (Å²) in [5.41, 5.74) is 1.32. The van der Waals surface area contributed by atoms with Gasteiger partial charge < -0.3 is 19.5 Å². The molecule has 2 rings (SSSR count). The Labute approximate surface area is 166 Å². The zero-order valence-electron chi connectivity index (χ0n) is 14.8. The number of halogens is 2. The van der Waals surface area contributed by atoms with Gasteiger partial charge in [0.25, 0.3) is 5.91 Å². The standard InChI is InChI=1S/C19H21BrClNO4/c1-12(22-19(23)15-6-5-14(20)11-16(15)21)13-4-7-17(18(10-13)25-3)26-9-8-24-2/h4-7,10-12H,8-9H2,1-3H3,(H,22,23). The minimum atomic E-state index is -0.241. The summed E-state index contributed by atoms with van der Waals surface area (Å²) < 4.78 is 16.8. The van der Waals surface area contributed by atoms with Crippen LogP contribution in [0.3, 0.4) is 0 Å². The van der Waals surface area contributed by atoms with Crippen molar-refractivity contribution in [1.29, 1.82) is 0 Å². The first-order chi connectivity index (χ1) is 12.5. The Balaban J connectivity index is 2.10. The van der Waals surface area contributed by atoms with Gasteiger partial charge >= 0.3 is 0 Å². The molecular formula is C19H21BrClNO4. The van der Waals surface area contributed by atoms with E-state index in [4.69, 9.17) is 25.8 Å². The third-order valence-corrected chi connectivity index (χ3v) is 4.56. The van der Waals surface area contributed by atoms with Crippen molar-refractivity contribution >= 4 is 33.4 Å². The van der Waals surface area contributed by atoms with E-state index in [0.717, 1.165) is 10.0 Å². The second kappa shape index (κ2) is 9.80. The van der Waals surface area contributed by atoms with Crippen molar-refractivity contribution in [2.45, 2.75) is 13.0 Å². The summed E-state index contributed by atoms with van der Waals surface area (Å²) in [6.07, 6.45) is 0. The van der Waals surface area contributed by atoms with Crippen LogP contribution in [0.2, 0.25) is 5.02 Å². The number of hydrogen-bond donors (Lipinski definition) is 1. The summed E-state index contributed by atoms with van der Waals surface area (Å²) in [7, 11) is 3.19. The van der Waals surface area contributed by atoms with Crippen LogP contribution in [0.25, 0.3) is 0 Å². The number of methoxy groups -OCH3 is 2. The zero-order chi connectivity index (χ0) is 19.1. The van der Waals surface area contributed by atoms with Gasteiger partial charge in [0.05, 0.1) is 30.3 Å². The molecule has 140 valence electrons. The topological polar surface area (TPSA) is 56.8 Å². The first kappa shape index (κ1) is 20.6. The average molecular weight is 443 g/mol. The fourth-order valence-corrected chi connectivity index (χ4v) is 3.10. The summed E-state index contributed by atoms with van der Waals surface area (Å²) >= 11 is 9.47.